The molecule has 0 radical (unpaired) electrons. The minimum absolute atomic E-state index is 0.0259. The van der Waals surface area contributed by atoms with Crippen LogP contribution in [0.1, 0.15) is 42.7 Å². The van der Waals surface area contributed by atoms with Gasteiger partial charge in [-0.2, -0.15) is 0 Å². The van der Waals surface area contributed by atoms with Gasteiger partial charge in [-0.05, 0) is 59.3 Å². The van der Waals surface area contributed by atoms with Gasteiger partial charge in [0.05, 0.1) is 5.92 Å². The number of amides is 2. The Kier molecular flexibility index (Phi) is 5.31. The number of fused-ring (bicyclic) bond motifs is 3. The zero-order valence-corrected chi connectivity index (χ0v) is 19.6. The molecule has 1 saturated heterocycles. The largest absolute Gasteiger partial charge is 0.481 e. The Morgan fingerprint density at radius 2 is 1.63 bits per heavy atom. The molecule has 6 rings (SSSR count). The number of piperidine rings is 1. The summed E-state index contributed by atoms with van der Waals surface area (Å²) < 4.78 is 5.60. The normalized spacial score (nSPS) is 25.5. The molecule has 2 saturated carbocycles. The number of benzene rings is 2. The molecule has 1 spiro atoms. The van der Waals surface area contributed by atoms with Crippen LogP contribution < -0.4 is 5.32 Å². The molecule has 2 aromatic carbocycles. The summed E-state index contributed by atoms with van der Waals surface area (Å²) in [6, 6.07) is 16.5. The fourth-order valence-electron chi connectivity index (χ4n) is 6.30. The summed E-state index contributed by atoms with van der Waals surface area (Å²) in [5.41, 5.74) is 4.68. The van der Waals surface area contributed by atoms with Crippen molar-refractivity contribution in [3.05, 3.63) is 59.7 Å². The number of carbonyl (C=O) groups excluding carboxylic acids is 2. The third-order valence-corrected chi connectivity index (χ3v) is 8.65. The molecule has 0 aromatic heterocycles. The third-order valence-electron chi connectivity index (χ3n) is 8.65. The monoisotopic (exact) mass is 474 g/mol. The lowest BCUT2D eigenvalue weighted by Gasteiger charge is -2.33. The number of likely N-dealkylation sites (tertiary alicyclic amines) is 1. The summed E-state index contributed by atoms with van der Waals surface area (Å²) in [6.07, 6.45) is 2.65. The van der Waals surface area contributed by atoms with E-state index in [0.717, 1.165) is 25.7 Å². The first-order chi connectivity index (χ1) is 17.0. The van der Waals surface area contributed by atoms with Gasteiger partial charge < -0.3 is 20.1 Å². The molecule has 1 heterocycles. The highest BCUT2D eigenvalue weighted by atomic mass is 16.5. The van der Waals surface area contributed by atoms with Crippen molar-refractivity contribution in [3.8, 4) is 11.1 Å². The molecule has 3 aliphatic carbocycles. The second kappa shape index (κ2) is 8.40. The average molecular weight is 475 g/mol. The Hall–Kier alpha value is -3.35. The lowest BCUT2D eigenvalue weighted by atomic mass is 9.90. The van der Waals surface area contributed by atoms with Gasteiger partial charge in [-0.3, -0.25) is 9.59 Å². The first-order valence-corrected chi connectivity index (χ1v) is 12.6. The van der Waals surface area contributed by atoms with Crippen LogP contribution in [0, 0.1) is 23.2 Å². The topological polar surface area (TPSA) is 95.9 Å². The van der Waals surface area contributed by atoms with Crippen LogP contribution in [0.3, 0.4) is 0 Å². The molecule has 3 atom stereocenters. The molecule has 4 aliphatic rings. The van der Waals surface area contributed by atoms with Crippen LogP contribution in [-0.4, -0.2) is 54.2 Å². The van der Waals surface area contributed by atoms with Crippen molar-refractivity contribution in [3.63, 3.8) is 0 Å². The van der Waals surface area contributed by atoms with Gasteiger partial charge in [0.25, 0.3) is 0 Å². The number of carboxylic acid groups (broad SMARTS) is 1. The van der Waals surface area contributed by atoms with Crippen LogP contribution in [0.15, 0.2) is 48.5 Å². The van der Waals surface area contributed by atoms with Gasteiger partial charge in [-0.15, -0.1) is 0 Å². The zero-order valence-electron chi connectivity index (χ0n) is 19.6. The predicted octanol–water partition coefficient (Wildman–Crippen LogP) is 3.87. The van der Waals surface area contributed by atoms with Crippen LogP contribution in [0.5, 0.6) is 0 Å². The molecule has 1 unspecified atom stereocenters. The zero-order chi connectivity index (χ0) is 24.2. The van der Waals surface area contributed by atoms with E-state index in [1.807, 2.05) is 29.2 Å². The van der Waals surface area contributed by atoms with E-state index >= 15 is 0 Å². The summed E-state index contributed by atoms with van der Waals surface area (Å²) in [5.74, 6) is -0.662. The van der Waals surface area contributed by atoms with Crippen LogP contribution in [0.2, 0.25) is 0 Å². The van der Waals surface area contributed by atoms with E-state index in [9.17, 15) is 19.5 Å². The number of nitrogens with one attached hydrogen (secondary N) is 1. The molecule has 7 nitrogen and oxygen atoms in total. The van der Waals surface area contributed by atoms with E-state index in [2.05, 4.69) is 29.6 Å². The van der Waals surface area contributed by atoms with Crippen molar-refractivity contribution < 1.29 is 24.2 Å². The Bertz CT molecular complexity index is 1140. The van der Waals surface area contributed by atoms with Gasteiger partial charge in [0, 0.05) is 31.5 Å². The summed E-state index contributed by atoms with van der Waals surface area (Å²) in [7, 11) is 0. The van der Waals surface area contributed by atoms with E-state index in [0.29, 0.717) is 19.6 Å². The van der Waals surface area contributed by atoms with Crippen LogP contribution >= 0.6 is 0 Å². The van der Waals surface area contributed by atoms with Crippen molar-refractivity contribution >= 4 is 18.0 Å². The van der Waals surface area contributed by atoms with Gasteiger partial charge in [-0.1, -0.05) is 48.5 Å². The quantitative estimate of drug-likeness (QED) is 0.663. The lowest BCUT2D eigenvalue weighted by Crippen LogP contribution is -2.41. The number of nitrogens with zero attached hydrogens (tertiary/aromatic N) is 1. The Labute approximate surface area is 204 Å². The van der Waals surface area contributed by atoms with Crippen molar-refractivity contribution in [1.29, 1.82) is 0 Å². The molecule has 2 aromatic rings. The van der Waals surface area contributed by atoms with Crippen LogP contribution in [0.25, 0.3) is 11.1 Å². The molecule has 182 valence electrons. The molecule has 35 heavy (non-hydrogen) atoms. The predicted molar refractivity (Wildman–Crippen MR) is 129 cm³/mol. The van der Waals surface area contributed by atoms with E-state index in [1.165, 1.54) is 22.3 Å². The number of carboxylic acids is 1. The maximum atomic E-state index is 12.9. The third kappa shape index (κ3) is 3.97. The summed E-state index contributed by atoms with van der Waals surface area (Å²) >= 11 is 0. The number of carbonyl (C=O) groups is 3. The fraction of sp³-hybridized carbons (Fsp3) is 0.464. The lowest BCUT2D eigenvalue weighted by molar-refractivity contribution is -0.140. The van der Waals surface area contributed by atoms with E-state index < -0.39 is 12.1 Å². The first kappa shape index (κ1) is 22.1. The second-order valence-electron chi connectivity index (χ2n) is 10.6. The van der Waals surface area contributed by atoms with Gasteiger partial charge in [0.1, 0.15) is 6.61 Å². The minimum atomic E-state index is -0.702. The first-order valence-electron chi connectivity index (χ1n) is 12.6. The van der Waals surface area contributed by atoms with Crippen molar-refractivity contribution in [1.82, 2.24) is 10.2 Å². The highest BCUT2D eigenvalue weighted by molar-refractivity contribution is 5.82. The average Bonchev–Trinajstić information content (AvgIpc) is 3.78. The minimum Gasteiger partial charge on any atom is -0.481 e. The highest BCUT2D eigenvalue weighted by Crippen LogP contribution is 2.59. The smallest absolute Gasteiger partial charge is 0.407 e. The molecule has 2 N–H and O–H groups in total. The molecular formula is C28H30N2O5. The van der Waals surface area contributed by atoms with E-state index in [-0.39, 0.29) is 41.6 Å². The highest BCUT2D eigenvalue weighted by Gasteiger charge is 2.59. The maximum Gasteiger partial charge on any atom is 0.407 e. The molecule has 7 heteroatoms. The maximum absolute atomic E-state index is 12.9. The van der Waals surface area contributed by atoms with Gasteiger partial charge in [-0.25, -0.2) is 4.79 Å². The van der Waals surface area contributed by atoms with Crippen molar-refractivity contribution in [2.75, 3.05) is 26.2 Å². The van der Waals surface area contributed by atoms with E-state index in [1.54, 1.807) is 0 Å². The summed E-state index contributed by atoms with van der Waals surface area (Å²) in [6.45, 7) is 2.00. The Morgan fingerprint density at radius 3 is 2.23 bits per heavy atom. The van der Waals surface area contributed by atoms with Crippen molar-refractivity contribution in [2.24, 2.45) is 23.2 Å². The number of aliphatic carboxylic acids is 1. The fourth-order valence-corrected chi connectivity index (χ4v) is 6.30. The summed E-state index contributed by atoms with van der Waals surface area (Å²) in [4.78, 5) is 38.4. The Morgan fingerprint density at radius 1 is 1.00 bits per heavy atom. The second-order valence-corrected chi connectivity index (χ2v) is 10.6. The van der Waals surface area contributed by atoms with Gasteiger partial charge in [0.2, 0.25) is 5.91 Å². The number of alkyl carbamates (subject to hydrolysis) is 1. The van der Waals surface area contributed by atoms with Crippen LogP contribution in [0.4, 0.5) is 4.79 Å². The molecule has 1 aliphatic heterocycles. The Balaban J connectivity index is 0.960. The van der Waals surface area contributed by atoms with Crippen molar-refractivity contribution in [2.45, 2.75) is 31.6 Å². The number of rotatable bonds is 6. The SMILES string of the molecule is O=C(NC[C@H]1C[C@H]1C(=O)N1CCC2(CC1)CC2C(=O)O)OCC1c2ccccc2-c2ccccc21. The standard InChI is InChI=1S/C28H30N2O5/c31-25(30-11-9-28(10-12-30)14-24(28)26(32)33)22-13-17(22)15-29-27(34)35-16-23-20-7-3-1-5-18(20)19-6-2-4-8-21(19)23/h1-8,17,22-24H,9-16H2,(H,29,34)(H,32,33)/t17-,22-,24?/m1/s1. The molecule has 2 amide bonds. The van der Waals surface area contributed by atoms with Gasteiger partial charge >= 0.3 is 12.1 Å². The summed E-state index contributed by atoms with van der Waals surface area (Å²) in [5, 5.41) is 12.1. The number of hydrogen-bond donors (Lipinski definition) is 2. The molecular weight excluding hydrogens is 444 g/mol. The number of hydrogen-bond acceptors (Lipinski definition) is 4. The van der Waals surface area contributed by atoms with Gasteiger partial charge in [0.15, 0.2) is 0 Å². The molecule has 3 fully saturated rings. The number of ether oxygens (including phenoxy) is 1. The van der Waals surface area contributed by atoms with E-state index in [4.69, 9.17) is 4.74 Å². The van der Waals surface area contributed by atoms with Crippen LogP contribution in [-0.2, 0) is 14.3 Å². The molecule has 0 bridgehead atoms.